The average molecular weight is 287 g/mol. The summed E-state index contributed by atoms with van der Waals surface area (Å²) in [5.74, 6) is -1.03. The van der Waals surface area contributed by atoms with Gasteiger partial charge in [0, 0.05) is 32.3 Å². The topological polar surface area (TPSA) is 120 Å². The molecule has 0 radical (unpaired) electrons. The molecule has 112 valence electrons. The van der Waals surface area contributed by atoms with Gasteiger partial charge < -0.3 is 18.9 Å². The van der Waals surface area contributed by atoms with Crippen molar-refractivity contribution in [3.63, 3.8) is 0 Å². The van der Waals surface area contributed by atoms with Crippen molar-refractivity contribution in [1.29, 1.82) is 0 Å². The van der Waals surface area contributed by atoms with Crippen molar-refractivity contribution in [1.82, 2.24) is 0 Å². The van der Waals surface area contributed by atoms with Gasteiger partial charge in [0.25, 0.3) is 0 Å². The van der Waals surface area contributed by atoms with Gasteiger partial charge in [-0.25, -0.2) is 0 Å². The Morgan fingerprint density at radius 2 is 2.10 bits per heavy atom. The molecule has 1 heterocycles. The van der Waals surface area contributed by atoms with E-state index in [1.807, 2.05) is 0 Å². The summed E-state index contributed by atoms with van der Waals surface area (Å²) in [7, 11) is 1.44. The first-order valence-corrected chi connectivity index (χ1v) is 6.01. The highest BCUT2D eigenvalue weighted by molar-refractivity contribution is 5.66. The Bertz CT molecular complexity index is 409. The first-order chi connectivity index (χ1) is 9.47. The maximum Gasteiger partial charge on any atom is 0.303 e. The lowest BCUT2D eigenvalue weighted by Crippen LogP contribution is -2.52. The molecule has 9 nitrogen and oxygen atoms in total. The Kier molecular flexibility index (Phi) is 6.23. The van der Waals surface area contributed by atoms with Gasteiger partial charge in [0.15, 0.2) is 6.29 Å². The van der Waals surface area contributed by atoms with Gasteiger partial charge in [0.05, 0.1) is 6.04 Å². The molecule has 0 N–H and O–H groups in total. The van der Waals surface area contributed by atoms with E-state index in [2.05, 4.69) is 10.0 Å². The zero-order valence-corrected chi connectivity index (χ0v) is 11.5. The molecule has 0 aromatic rings. The molecule has 0 unspecified atom stereocenters. The van der Waals surface area contributed by atoms with Gasteiger partial charge in [0.2, 0.25) is 0 Å². The minimum absolute atomic E-state index is 0.120. The van der Waals surface area contributed by atoms with Crippen LogP contribution >= 0.6 is 0 Å². The smallest absolute Gasteiger partial charge is 0.303 e. The van der Waals surface area contributed by atoms with Crippen LogP contribution in [0.15, 0.2) is 5.11 Å². The molecule has 1 rings (SSSR count). The highest BCUT2D eigenvalue weighted by Crippen LogP contribution is 2.26. The summed E-state index contributed by atoms with van der Waals surface area (Å²) >= 11 is 0. The van der Waals surface area contributed by atoms with Gasteiger partial charge in [-0.3, -0.25) is 9.59 Å². The second-order valence-electron chi connectivity index (χ2n) is 4.22. The zero-order valence-electron chi connectivity index (χ0n) is 11.5. The molecule has 1 aliphatic heterocycles. The van der Waals surface area contributed by atoms with Gasteiger partial charge >= 0.3 is 11.9 Å². The SMILES string of the molecule is CO[C@@H]1C[C@H](N=[N+]=[N-])[C@H](OC(C)=O)[C@@H](COC(C)=O)O1. The van der Waals surface area contributed by atoms with Gasteiger partial charge in [-0.05, 0) is 5.53 Å². The summed E-state index contributed by atoms with van der Waals surface area (Å²) in [6.45, 7) is 2.37. The summed E-state index contributed by atoms with van der Waals surface area (Å²) in [6.07, 6.45) is -1.96. The standard InChI is InChI=1S/C11H17N3O6/c1-6(15)18-5-9-11(19-7(2)16)8(13-14-12)4-10(17-3)20-9/h8-11H,4-5H2,1-3H3/t8-,9+,10-,11-/m0/s1. The summed E-state index contributed by atoms with van der Waals surface area (Å²) in [4.78, 5) is 24.7. The van der Waals surface area contributed by atoms with E-state index < -0.39 is 36.5 Å². The molecule has 0 bridgehead atoms. The van der Waals surface area contributed by atoms with Crippen molar-refractivity contribution in [2.75, 3.05) is 13.7 Å². The fourth-order valence-corrected chi connectivity index (χ4v) is 1.92. The monoisotopic (exact) mass is 287 g/mol. The first kappa shape index (κ1) is 16.2. The fourth-order valence-electron chi connectivity index (χ4n) is 1.92. The number of ether oxygens (including phenoxy) is 4. The molecule has 20 heavy (non-hydrogen) atoms. The number of hydrogen-bond donors (Lipinski definition) is 0. The molecule has 0 amide bonds. The summed E-state index contributed by atoms with van der Waals surface area (Å²) in [5, 5.41) is 3.60. The number of methoxy groups -OCH3 is 1. The molecular weight excluding hydrogens is 270 g/mol. The van der Waals surface area contributed by atoms with Crippen LogP contribution in [0.1, 0.15) is 20.3 Å². The molecule has 9 heteroatoms. The summed E-state index contributed by atoms with van der Waals surface area (Å²) < 4.78 is 20.6. The summed E-state index contributed by atoms with van der Waals surface area (Å²) in [6, 6.07) is -0.650. The molecule has 1 aliphatic rings. The van der Waals surface area contributed by atoms with E-state index in [4.69, 9.17) is 24.5 Å². The van der Waals surface area contributed by atoms with E-state index >= 15 is 0 Å². The minimum Gasteiger partial charge on any atom is -0.463 e. The Morgan fingerprint density at radius 1 is 1.40 bits per heavy atom. The quantitative estimate of drug-likeness (QED) is 0.321. The zero-order chi connectivity index (χ0) is 15.1. The third-order valence-corrected chi connectivity index (χ3v) is 2.72. The highest BCUT2D eigenvalue weighted by Gasteiger charge is 2.41. The molecule has 0 aromatic heterocycles. The number of hydrogen-bond acceptors (Lipinski definition) is 7. The van der Waals surface area contributed by atoms with Crippen LogP contribution in [0.5, 0.6) is 0 Å². The van der Waals surface area contributed by atoms with Crippen LogP contribution < -0.4 is 0 Å². The number of carbonyl (C=O) groups excluding carboxylic acids is 2. The van der Waals surface area contributed by atoms with E-state index in [-0.39, 0.29) is 13.0 Å². The number of carbonyl (C=O) groups is 2. The van der Waals surface area contributed by atoms with Crippen LogP contribution in [0.2, 0.25) is 0 Å². The third kappa shape index (κ3) is 4.69. The molecule has 0 saturated carbocycles. The minimum atomic E-state index is -0.825. The van der Waals surface area contributed by atoms with Crippen LogP contribution in [-0.2, 0) is 28.5 Å². The highest BCUT2D eigenvalue weighted by atomic mass is 16.7. The second kappa shape index (κ2) is 7.68. The molecule has 4 atom stereocenters. The van der Waals surface area contributed by atoms with Crippen LogP contribution in [0.25, 0.3) is 10.4 Å². The first-order valence-electron chi connectivity index (χ1n) is 6.01. The molecule has 0 aliphatic carbocycles. The maximum atomic E-state index is 11.1. The number of esters is 2. The van der Waals surface area contributed by atoms with Crippen LogP contribution in [-0.4, -0.2) is 50.2 Å². The number of azide groups is 1. The van der Waals surface area contributed by atoms with Crippen LogP contribution in [0, 0.1) is 0 Å². The van der Waals surface area contributed by atoms with Crippen molar-refractivity contribution in [3.8, 4) is 0 Å². The predicted molar refractivity (Wildman–Crippen MR) is 65.4 cm³/mol. The van der Waals surface area contributed by atoms with Crippen molar-refractivity contribution in [3.05, 3.63) is 10.4 Å². The van der Waals surface area contributed by atoms with Gasteiger partial charge in [-0.1, -0.05) is 5.11 Å². The summed E-state index contributed by atoms with van der Waals surface area (Å²) in [5.41, 5.74) is 8.58. The van der Waals surface area contributed by atoms with Gasteiger partial charge in [0.1, 0.15) is 18.8 Å². The van der Waals surface area contributed by atoms with E-state index in [9.17, 15) is 9.59 Å². The van der Waals surface area contributed by atoms with Gasteiger partial charge in [-0.15, -0.1) is 0 Å². The Labute approximate surface area is 115 Å². The predicted octanol–water partition coefficient (Wildman–Crippen LogP) is 0.921. The van der Waals surface area contributed by atoms with Gasteiger partial charge in [-0.2, -0.15) is 0 Å². The Balaban J connectivity index is 2.88. The van der Waals surface area contributed by atoms with E-state index in [1.165, 1.54) is 21.0 Å². The van der Waals surface area contributed by atoms with Crippen LogP contribution in [0.4, 0.5) is 0 Å². The molecule has 0 aromatic carbocycles. The van der Waals surface area contributed by atoms with Crippen molar-refractivity contribution < 1.29 is 28.5 Å². The van der Waals surface area contributed by atoms with Crippen LogP contribution in [0.3, 0.4) is 0 Å². The lowest BCUT2D eigenvalue weighted by molar-refractivity contribution is -0.234. The van der Waals surface area contributed by atoms with E-state index in [1.54, 1.807) is 0 Å². The Morgan fingerprint density at radius 3 is 2.60 bits per heavy atom. The van der Waals surface area contributed by atoms with Crippen molar-refractivity contribution >= 4 is 11.9 Å². The third-order valence-electron chi connectivity index (χ3n) is 2.72. The molecule has 1 saturated heterocycles. The lowest BCUT2D eigenvalue weighted by atomic mass is 9.99. The largest absolute Gasteiger partial charge is 0.463 e. The number of nitrogens with zero attached hydrogens (tertiary/aromatic N) is 3. The van der Waals surface area contributed by atoms with E-state index in [0.717, 1.165) is 0 Å². The average Bonchev–Trinajstić information content (AvgIpc) is 2.38. The Hall–Kier alpha value is -1.83. The second-order valence-corrected chi connectivity index (χ2v) is 4.22. The molecule has 1 fully saturated rings. The number of rotatable bonds is 5. The molecule has 0 spiro atoms. The maximum absolute atomic E-state index is 11.1. The van der Waals surface area contributed by atoms with Crippen molar-refractivity contribution in [2.24, 2.45) is 5.11 Å². The lowest BCUT2D eigenvalue weighted by Gasteiger charge is -2.38. The van der Waals surface area contributed by atoms with Crippen molar-refractivity contribution in [2.45, 2.75) is 44.8 Å². The molecular formula is C11H17N3O6. The fraction of sp³-hybridized carbons (Fsp3) is 0.818. The normalized spacial score (nSPS) is 29.1. The van der Waals surface area contributed by atoms with E-state index in [0.29, 0.717) is 0 Å².